The molecule has 0 spiro atoms. The van der Waals surface area contributed by atoms with Gasteiger partial charge in [-0.15, -0.1) is 0 Å². The molecule has 3 aromatic rings. The van der Waals surface area contributed by atoms with Crippen LogP contribution in [0.2, 0.25) is 0 Å². The van der Waals surface area contributed by atoms with E-state index in [1.807, 2.05) is 57.1 Å². The molecule has 4 N–H and O–H groups in total. The maximum absolute atomic E-state index is 12.5. The van der Waals surface area contributed by atoms with E-state index in [0.29, 0.717) is 17.7 Å². The van der Waals surface area contributed by atoms with Crippen molar-refractivity contribution in [1.82, 2.24) is 25.5 Å². The lowest BCUT2D eigenvalue weighted by molar-refractivity contribution is 0.0940. The summed E-state index contributed by atoms with van der Waals surface area (Å²) in [5.41, 5.74) is 9.92. The first kappa shape index (κ1) is 19.3. The molecule has 1 atom stereocenters. The summed E-state index contributed by atoms with van der Waals surface area (Å²) in [5.74, 6) is 0.819. The van der Waals surface area contributed by atoms with Crippen molar-refractivity contribution in [2.45, 2.75) is 26.3 Å². The molecule has 1 amide bonds. The van der Waals surface area contributed by atoms with Gasteiger partial charge in [0.2, 0.25) is 5.95 Å². The highest BCUT2D eigenvalue weighted by atomic mass is 16.1. The van der Waals surface area contributed by atoms with Gasteiger partial charge in [0.1, 0.15) is 5.82 Å². The van der Waals surface area contributed by atoms with Gasteiger partial charge in [-0.2, -0.15) is 10.1 Å². The molecule has 0 bridgehead atoms. The number of nitrogens with one attached hydrogen (secondary N) is 2. The van der Waals surface area contributed by atoms with Crippen LogP contribution in [0, 0.1) is 6.92 Å². The summed E-state index contributed by atoms with van der Waals surface area (Å²) in [4.78, 5) is 22.9. The highest BCUT2D eigenvalue weighted by Gasteiger charge is 2.13. The van der Waals surface area contributed by atoms with E-state index >= 15 is 0 Å². The molecule has 146 valence electrons. The summed E-state index contributed by atoms with van der Waals surface area (Å²) in [6.45, 7) is 3.91. The topological polar surface area (TPSA) is 113 Å². The number of nitrogen functional groups attached to an aromatic ring is 1. The summed E-state index contributed by atoms with van der Waals surface area (Å²) in [5, 5.41) is 10.1. The Morgan fingerprint density at radius 2 is 1.93 bits per heavy atom. The Morgan fingerprint density at radius 3 is 2.54 bits per heavy atom. The van der Waals surface area contributed by atoms with Crippen LogP contribution < -0.4 is 16.0 Å². The van der Waals surface area contributed by atoms with Gasteiger partial charge in [-0.25, -0.2) is 4.98 Å². The van der Waals surface area contributed by atoms with Crippen LogP contribution in [0.5, 0.6) is 0 Å². The molecule has 2 heterocycles. The van der Waals surface area contributed by atoms with Crippen molar-refractivity contribution in [2.24, 2.45) is 0 Å². The van der Waals surface area contributed by atoms with Crippen LogP contribution in [-0.2, 0) is 6.42 Å². The molecule has 0 unspecified atom stereocenters. The normalized spacial score (nSPS) is 11.9. The Balaban J connectivity index is 1.69. The van der Waals surface area contributed by atoms with E-state index in [0.717, 1.165) is 22.8 Å². The highest BCUT2D eigenvalue weighted by molar-refractivity contribution is 5.94. The third-order valence-electron chi connectivity index (χ3n) is 4.28. The van der Waals surface area contributed by atoms with Crippen LogP contribution in [0.15, 0.2) is 36.4 Å². The van der Waals surface area contributed by atoms with E-state index in [9.17, 15) is 4.79 Å². The van der Waals surface area contributed by atoms with Gasteiger partial charge in [0.05, 0.1) is 11.4 Å². The lowest BCUT2D eigenvalue weighted by atomic mass is 10.1. The molecule has 8 heteroatoms. The molecular formula is C20H25N7O. The van der Waals surface area contributed by atoms with E-state index < -0.39 is 0 Å². The number of rotatable bonds is 6. The van der Waals surface area contributed by atoms with Gasteiger partial charge < -0.3 is 16.0 Å². The monoisotopic (exact) mass is 379 g/mol. The summed E-state index contributed by atoms with van der Waals surface area (Å²) >= 11 is 0. The Kier molecular flexibility index (Phi) is 5.58. The number of anilines is 2. The quantitative estimate of drug-likeness (QED) is 0.605. The number of aromatic nitrogens is 4. The van der Waals surface area contributed by atoms with E-state index in [-0.39, 0.29) is 17.9 Å². The smallest absolute Gasteiger partial charge is 0.251 e. The molecule has 0 aliphatic rings. The van der Waals surface area contributed by atoms with Crippen molar-refractivity contribution in [3.63, 3.8) is 0 Å². The fourth-order valence-corrected chi connectivity index (χ4v) is 2.87. The molecule has 0 aliphatic carbocycles. The number of H-pyrrole nitrogens is 1. The molecule has 0 saturated carbocycles. The molecule has 8 nitrogen and oxygen atoms in total. The Morgan fingerprint density at radius 1 is 1.21 bits per heavy atom. The molecule has 0 fully saturated rings. The molecule has 1 aromatic carbocycles. The maximum atomic E-state index is 12.5. The minimum absolute atomic E-state index is 0.0285. The summed E-state index contributed by atoms with van der Waals surface area (Å²) in [6.07, 6.45) is 0.668. The Hall–Kier alpha value is -3.42. The zero-order valence-corrected chi connectivity index (χ0v) is 16.5. The van der Waals surface area contributed by atoms with Gasteiger partial charge in [-0.1, -0.05) is 12.1 Å². The molecule has 0 saturated heterocycles. The van der Waals surface area contributed by atoms with Crippen molar-refractivity contribution in [3.8, 4) is 11.3 Å². The average molecular weight is 379 g/mol. The zero-order chi connectivity index (χ0) is 20.3. The SMILES string of the molecule is Cc1cc(C[C@H](C)NC(=O)c2ccc(-c3cc(N(C)C)nc(N)n3)cc2)n[nH]1. The number of benzene rings is 1. The number of nitrogens with two attached hydrogens (primary N) is 1. The van der Waals surface area contributed by atoms with Gasteiger partial charge >= 0.3 is 0 Å². The molecule has 2 aromatic heterocycles. The van der Waals surface area contributed by atoms with Crippen LogP contribution in [-0.4, -0.2) is 46.2 Å². The van der Waals surface area contributed by atoms with E-state index in [4.69, 9.17) is 5.73 Å². The van der Waals surface area contributed by atoms with Crippen LogP contribution in [0.3, 0.4) is 0 Å². The Labute approximate surface area is 164 Å². The molecule has 3 rings (SSSR count). The van der Waals surface area contributed by atoms with Crippen molar-refractivity contribution in [1.29, 1.82) is 0 Å². The lowest BCUT2D eigenvalue weighted by Crippen LogP contribution is -2.34. The molecular weight excluding hydrogens is 354 g/mol. The van der Waals surface area contributed by atoms with Gasteiger partial charge in [0.15, 0.2) is 0 Å². The lowest BCUT2D eigenvalue weighted by Gasteiger charge is -2.14. The van der Waals surface area contributed by atoms with E-state index in [1.165, 1.54) is 0 Å². The minimum Gasteiger partial charge on any atom is -0.368 e. The fourth-order valence-electron chi connectivity index (χ4n) is 2.87. The van der Waals surface area contributed by atoms with Gasteiger partial charge in [0.25, 0.3) is 5.91 Å². The standard InChI is InChI=1S/C20H25N7O/c1-12(9-16-10-13(2)25-26-16)22-19(28)15-7-5-14(6-8-15)17-11-18(27(3)4)24-20(21)23-17/h5-8,10-12H,9H2,1-4H3,(H,22,28)(H,25,26)(H2,21,23,24)/t12-/m0/s1. The second kappa shape index (κ2) is 8.08. The summed E-state index contributed by atoms with van der Waals surface area (Å²) in [7, 11) is 3.79. The second-order valence-corrected chi connectivity index (χ2v) is 7.06. The van der Waals surface area contributed by atoms with E-state index in [2.05, 4.69) is 25.5 Å². The van der Waals surface area contributed by atoms with Gasteiger partial charge in [0, 0.05) is 49.4 Å². The minimum atomic E-state index is -0.123. The fraction of sp³-hybridized carbons (Fsp3) is 0.300. The predicted molar refractivity (Wildman–Crippen MR) is 110 cm³/mol. The largest absolute Gasteiger partial charge is 0.368 e. The first-order valence-electron chi connectivity index (χ1n) is 9.06. The number of carbonyl (C=O) groups excluding carboxylic acids is 1. The number of aromatic amines is 1. The van der Waals surface area contributed by atoms with Crippen LogP contribution >= 0.6 is 0 Å². The summed E-state index contributed by atoms with van der Waals surface area (Å²) < 4.78 is 0. The molecule has 28 heavy (non-hydrogen) atoms. The molecule has 0 radical (unpaired) electrons. The van der Waals surface area contributed by atoms with Crippen molar-refractivity contribution < 1.29 is 4.79 Å². The first-order chi connectivity index (χ1) is 13.3. The third kappa shape index (κ3) is 4.64. The highest BCUT2D eigenvalue weighted by Crippen LogP contribution is 2.22. The van der Waals surface area contributed by atoms with Crippen LogP contribution in [0.25, 0.3) is 11.3 Å². The van der Waals surface area contributed by atoms with Gasteiger partial charge in [-0.05, 0) is 32.0 Å². The number of nitrogens with zero attached hydrogens (tertiary/aromatic N) is 4. The number of hydrogen-bond acceptors (Lipinski definition) is 6. The summed E-state index contributed by atoms with van der Waals surface area (Å²) in [6, 6.07) is 11.1. The van der Waals surface area contributed by atoms with E-state index in [1.54, 1.807) is 12.1 Å². The first-order valence-corrected chi connectivity index (χ1v) is 9.06. The second-order valence-electron chi connectivity index (χ2n) is 7.06. The zero-order valence-electron chi connectivity index (χ0n) is 16.5. The van der Waals surface area contributed by atoms with Crippen molar-refractivity contribution in [2.75, 3.05) is 24.7 Å². The number of carbonyl (C=O) groups is 1. The van der Waals surface area contributed by atoms with Gasteiger partial charge in [-0.3, -0.25) is 9.89 Å². The maximum Gasteiger partial charge on any atom is 0.251 e. The molecule has 0 aliphatic heterocycles. The average Bonchev–Trinajstić information content (AvgIpc) is 3.05. The Bertz CT molecular complexity index is 963. The van der Waals surface area contributed by atoms with Crippen LogP contribution in [0.1, 0.15) is 28.7 Å². The number of hydrogen-bond donors (Lipinski definition) is 3. The van der Waals surface area contributed by atoms with Crippen LogP contribution in [0.4, 0.5) is 11.8 Å². The number of aryl methyl sites for hydroxylation is 1. The number of amides is 1. The third-order valence-corrected chi connectivity index (χ3v) is 4.28. The predicted octanol–water partition coefficient (Wildman–Crippen LogP) is 2.18. The van der Waals surface area contributed by atoms with Crippen molar-refractivity contribution >= 4 is 17.7 Å². The van der Waals surface area contributed by atoms with Crippen molar-refractivity contribution in [3.05, 3.63) is 53.3 Å².